The van der Waals surface area contributed by atoms with Gasteiger partial charge in [-0.15, -0.1) is 12.3 Å². The zero-order valence-corrected chi connectivity index (χ0v) is 11.2. The Kier molecular flexibility index (Phi) is 5.46. The van der Waals surface area contributed by atoms with Crippen LogP contribution < -0.4 is 4.74 Å². The minimum atomic E-state index is -0.00712. The molecule has 0 spiro atoms. The van der Waals surface area contributed by atoms with Crippen molar-refractivity contribution in [3.63, 3.8) is 0 Å². The maximum absolute atomic E-state index is 9.19. The molecule has 0 heterocycles. The van der Waals surface area contributed by atoms with Crippen molar-refractivity contribution in [2.24, 2.45) is 5.92 Å². The SMILES string of the molecule is C#CCC(c1cc(OCC#N)ccc1C#N)C(C)C. The molecule has 0 bridgehead atoms. The fraction of sp³-hybridized carbons (Fsp3) is 0.375. The molecule has 1 aromatic carbocycles. The van der Waals surface area contributed by atoms with Crippen molar-refractivity contribution in [1.29, 1.82) is 10.5 Å². The predicted molar refractivity (Wildman–Crippen MR) is 73.3 cm³/mol. The molecule has 0 aliphatic rings. The molecule has 96 valence electrons. The Hall–Kier alpha value is -2.44. The summed E-state index contributed by atoms with van der Waals surface area (Å²) in [6.07, 6.45) is 5.98. The third kappa shape index (κ3) is 3.77. The van der Waals surface area contributed by atoms with E-state index in [9.17, 15) is 5.26 Å². The van der Waals surface area contributed by atoms with E-state index in [0.717, 1.165) is 5.56 Å². The molecule has 0 aromatic heterocycles. The molecular formula is C16H16N2O. The fourth-order valence-electron chi connectivity index (χ4n) is 1.99. The summed E-state index contributed by atoms with van der Waals surface area (Å²) in [6.45, 7) is 4.14. The maximum atomic E-state index is 9.19. The first-order chi connectivity index (χ1) is 9.13. The van der Waals surface area contributed by atoms with E-state index in [2.05, 4.69) is 25.8 Å². The molecule has 1 rings (SSSR count). The molecule has 0 aliphatic heterocycles. The van der Waals surface area contributed by atoms with Crippen LogP contribution in [0.4, 0.5) is 0 Å². The van der Waals surface area contributed by atoms with Gasteiger partial charge < -0.3 is 4.74 Å². The maximum Gasteiger partial charge on any atom is 0.174 e. The van der Waals surface area contributed by atoms with Gasteiger partial charge >= 0.3 is 0 Å². The van der Waals surface area contributed by atoms with Gasteiger partial charge in [-0.1, -0.05) is 13.8 Å². The van der Waals surface area contributed by atoms with Crippen LogP contribution in [0.1, 0.15) is 37.3 Å². The molecule has 0 amide bonds. The van der Waals surface area contributed by atoms with Crippen LogP contribution in [0.5, 0.6) is 5.75 Å². The molecule has 19 heavy (non-hydrogen) atoms. The van der Waals surface area contributed by atoms with E-state index in [1.165, 1.54) is 0 Å². The average molecular weight is 252 g/mol. The van der Waals surface area contributed by atoms with Crippen molar-refractivity contribution in [3.8, 4) is 30.2 Å². The number of hydrogen-bond acceptors (Lipinski definition) is 3. The third-order valence-electron chi connectivity index (χ3n) is 2.99. The monoisotopic (exact) mass is 252 g/mol. The lowest BCUT2D eigenvalue weighted by atomic mass is 9.83. The number of rotatable bonds is 5. The molecular weight excluding hydrogens is 236 g/mol. The van der Waals surface area contributed by atoms with E-state index < -0.39 is 0 Å². The molecule has 0 aliphatic carbocycles. The van der Waals surface area contributed by atoms with Gasteiger partial charge in [-0.2, -0.15) is 10.5 Å². The van der Waals surface area contributed by atoms with Crippen LogP contribution in [0.3, 0.4) is 0 Å². The number of ether oxygens (including phenoxy) is 1. The molecule has 1 unspecified atom stereocenters. The number of hydrogen-bond donors (Lipinski definition) is 0. The topological polar surface area (TPSA) is 56.8 Å². The van der Waals surface area contributed by atoms with Crippen molar-refractivity contribution in [1.82, 2.24) is 0 Å². The first-order valence-electron chi connectivity index (χ1n) is 6.11. The first-order valence-corrected chi connectivity index (χ1v) is 6.11. The van der Waals surface area contributed by atoms with Crippen LogP contribution in [-0.4, -0.2) is 6.61 Å². The average Bonchev–Trinajstić information content (AvgIpc) is 2.42. The zero-order valence-electron chi connectivity index (χ0n) is 11.2. The molecule has 1 aromatic rings. The van der Waals surface area contributed by atoms with Gasteiger partial charge in [0, 0.05) is 6.42 Å². The second-order valence-corrected chi connectivity index (χ2v) is 4.57. The Bertz CT molecular complexity index is 556. The second-order valence-electron chi connectivity index (χ2n) is 4.57. The van der Waals surface area contributed by atoms with Gasteiger partial charge in [0.05, 0.1) is 11.6 Å². The van der Waals surface area contributed by atoms with Crippen LogP contribution in [0.2, 0.25) is 0 Å². The van der Waals surface area contributed by atoms with Gasteiger partial charge in [0.2, 0.25) is 0 Å². The molecule has 0 saturated heterocycles. The Morgan fingerprint density at radius 2 is 2.05 bits per heavy atom. The smallest absolute Gasteiger partial charge is 0.174 e. The predicted octanol–water partition coefficient (Wildman–Crippen LogP) is 3.22. The number of nitriles is 2. The summed E-state index contributed by atoms with van der Waals surface area (Å²) in [5.41, 5.74) is 1.50. The van der Waals surface area contributed by atoms with E-state index in [0.29, 0.717) is 23.7 Å². The highest BCUT2D eigenvalue weighted by atomic mass is 16.5. The van der Waals surface area contributed by atoms with E-state index in [4.69, 9.17) is 16.4 Å². The van der Waals surface area contributed by atoms with Crippen molar-refractivity contribution in [3.05, 3.63) is 29.3 Å². The molecule has 0 N–H and O–H groups in total. The first kappa shape index (κ1) is 14.6. The van der Waals surface area contributed by atoms with E-state index >= 15 is 0 Å². The van der Waals surface area contributed by atoms with Gasteiger partial charge in [-0.3, -0.25) is 0 Å². The van der Waals surface area contributed by atoms with E-state index in [-0.39, 0.29) is 12.5 Å². The van der Waals surface area contributed by atoms with Crippen molar-refractivity contribution in [2.75, 3.05) is 6.61 Å². The van der Waals surface area contributed by atoms with Crippen molar-refractivity contribution in [2.45, 2.75) is 26.2 Å². The summed E-state index contributed by atoms with van der Waals surface area (Å²) in [5, 5.41) is 17.7. The Morgan fingerprint density at radius 1 is 1.32 bits per heavy atom. The molecule has 1 atom stereocenters. The standard InChI is InChI=1S/C16H16N2O/c1-4-5-15(12(2)3)16-10-14(19-9-8-17)7-6-13(16)11-18/h1,6-7,10,12,15H,5,9H2,2-3H3. The largest absolute Gasteiger partial charge is 0.479 e. The summed E-state index contributed by atoms with van der Waals surface area (Å²) < 4.78 is 5.28. The highest BCUT2D eigenvalue weighted by molar-refractivity contribution is 5.45. The normalized spacial score (nSPS) is 11.2. The van der Waals surface area contributed by atoms with Crippen molar-refractivity contribution < 1.29 is 4.74 Å². The lowest BCUT2D eigenvalue weighted by Crippen LogP contribution is -2.08. The summed E-state index contributed by atoms with van der Waals surface area (Å²) in [6, 6.07) is 9.34. The van der Waals surface area contributed by atoms with Gasteiger partial charge in [-0.05, 0) is 35.6 Å². The Labute approximate surface area is 114 Å². The molecule has 0 saturated carbocycles. The van der Waals surface area contributed by atoms with Crippen LogP contribution in [0, 0.1) is 40.9 Å². The lowest BCUT2D eigenvalue weighted by Gasteiger charge is -2.20. The second kappa shape index (κ2) is 7.10. The third-order valence-corrected chi connectivity index (χ3v) is 2.99. The fourth-order valence-corrected chi connectivity index (χ4v) is 1.99. The summed E-state index contributed by atoms with van der Waals surface area (Å²) >= 11 is 0. The van der Waals surface area contributed by atoms with Crippen LogP contribution >= 0.6 is 0 Å². The summed E-state index contributed by atoms with van der Waals surface area (Å²) in [7, 11) is 0. The van der Waals surface area contributed by atoms with E-state index in [1.54, 1.807) is 12.1 Å². The Balaban J connectivity index is 3.18. The van der Waals surface area contributed by atoms with E-state index in [1.807, 2.05) is 12.1 Å². The van der Waals surface area contributed by atoms with Crippen LogP contribution in [-0.2, 0) is 0 Å². The van der Waals surface area contributed by atoms with Crippen LogP contribution in [0.15, 0.2) is 18.2 Å². The minimum Gasteiger partial charge on any atom is -0.479 e. The minimum absolute atomic E-state index is 0.00712. The van der Waals surface area contributed by atoms with Gasteiger partial charge in [0.15, 0.2) is 6.61 Å². The highest BCUT2D eigenvalue weighted by Crippen LogP contribution is 2.32. The van der Waals surface area contributed by atoms with Gasteiger partial charge in [0.1, 0.15) is 11.8 Å². The van der Waals surface area contributed by atoms with Crippen molar-refractivity contribution >= 4 is 0 Å². The number of terminal acetylenes is 1. The quantitative estimate of drug-likeness (QED) is 0.756. The molecule has 3 heteroatoms. The molecule has 3 nitrogen and oxygen atoms in total. The summed E-state index contributed by atoms with van der Waals surface area (Å²) in [5.74, 6) is 3.70. The van der Waals surface area contributed by atoms with Gasteiger partial charge in [0.25, 0.3) is 0 Å². The molecule has 0 fully saturated rings. The summed E-state index contributed by atoms with van der Waals surface area (Å²) in [4.78, 5) is 0. The highest BCUT2D eigenvalue weighted by Gasteiger charge is 2.19. The van der Waals surface area contributed by atoms with Gasteiger partial charge in [-0.25, -0.2) is 0 Å². The van der Waals surface area contributed by atoms with Crippen LogP contribution in [0.25, 0.3) is 0 Å². The number of benzene rings is 1. The molecule has 0 radical (unpaired) electrons. The lowest BCUT2D eigenvalue weighted by molar-refractivity contribution is 0.366. The number of nitrogens with zero attached hydrogens (tertiary/aromatic N) is 2. The zero-order chi connectivity index (χ0) is 14.3. The Morgan fingerprint density at radius 3 is 2.58 bits per heavy atom.